The van der Waals surface area contributed by atoms with Gasteiger partial charge in [0, 0.05) is 131 Å². The Hall–Kier alpha value is -12.9. The topological polar surface area (TPSA) is 294 Å². The molecule has 0 aliphatic carbocycles. The van der Waals surface area contributed by atoms with Crippen LogP contribution in [0.15, 0.2) is 201 Å². The molecule has 0 N–H and O–H groups in total. The number of ether oxygens (including phenoxy) is 2. The summed E-state index contributed by atoms with van der Waals surface area (Å²) < 4.78 is 16.2. The van der Waals surface area contributed by atoms with E-state index in [1.54, 1.807) is 91.9 Å². The van der Waals surface area contributed by atoms with Crippen LogP contribution in [0.4, 0.5) is 0 Å². The van der Waals surface area contributed by atoms with Gasteiger partial charge in [0.15, 0.2) is 11.6 Å². The summed E-state index contributed by atoms with van der Waals surface area (Å²) in [7, 11) is 0. The minimum atomic E-state index is -0.662. The van der Waals surface area contributed by atoms with Gasteiger partial charge in [-0.3, -0.25) is 9.59 Å². The summed E-state index contributed by atoms with van der Waals surface area (Å²) >= 11 is 0. The zero-order valence-electron chi connectivity index (χ0n) is 59.3. The lowest BCUT2D eigenvalue weighted by Gasteiger charge is -2.21. The lowest BCUT2D eigenvalue weighted by molar-refractivity contribution is -0.142. The van der Waals surface area contributed by atoms with E-state index in [-0.39, 0.29) is 34.6 Å². The quantitative estimate of drug-likeness (QED) is 0.0160. The highest BCUT2D eigenvalue weighted by molar-refractivity contribution is 6.48. The van der Waals surface area contributed by atoms with Gasteiger partial charge in [-0.15, -0.1) is 0 Å². The first kappa shape index (κ1) is 73.8. The number of hydrogen-bond acceptors (Lipinski definition) is 22. The Bertz CT molecular complexity index is 5210. The van der Waals surface area contributed by atoms with Crippen LogP contribution in [-0.2, 0) is 57.8 Å². The van der Waals surface area contributed by atoms with Crippen molar-refractivity contribution in [2.75, 3.05) is 13.2 Å². The number of carbonyl (C=O) groups excluding carboxylic acids is 8. The Morgan fingerprint density at radius 2 is 0.769 bits per heavy atom. The van der Waals surface area contributed by atoms with E-state index in [2.05, 4.69) is 30.9 Å². The number of ketones is 2. The fraction of sp³-hybridized carbons (Fsp3) is 0.225. The summed E-state index contributed by atoms with van der Waals surface area (Å²) in [5, 5.41) is 27.1. The molecule has 8 aromatic carbocycles. The summed E-state index contributed by atoms with van der Waals surface area (Å²) in [4.78, 5) is 129. The van der Waals surface area contributed by atoms with Crippen molar-refractivity contribution in [3.63, 3.8) is 0 Å². The van der Waals surface area contributed by atoms with Crippen molar-refractivity contribution >= 4 is 126 Å². The summed E-state index contributed by atoms with van der Waals surface area (Å²) in [6.45, 7) is 19.6. The first-order valence-corrected chi connectivity index (χ1v) is 33.2. The molecule has 0 atom stereocenters. The molecule has 0 fully saturated rings. The van der Waals surface area contributed by atoms with Crippen LogP contribution in [0.5, 0.6) is 11.5 Å². The van der Waals surface area contributed by atoms with Crippen molar-refractivity contribution in [2.45, 2.75) is 95.9 Å². The molecule has 24 nitrogen and oxygen atoms in total. The normalized spacial score (nSPS) is 12.5. The Morgan fingerprint density at radius 3 is 1.20 bits per heavy atom. The number of nitrogens with zero attached hydrogens (tertiary/aromatic N) is 8. The Labute approximate surface area is 597 Å². The molecule has 10 aromatic rings. The Morgan fingerprint density at radius 1 is 0.404 bits per heavy atom. The monoisotopic (exact) mass is 1400 g/mol. The SMILES string of the molecule is CCC(=NOC(C)=O)C(=NOC(C)=O)c1ccc(-n2c3ccc(C(=O)c4ccc(OCCCOc5ccc(C(=O)c6ccc7c(c6)c6cc(C(=NOC(C)=O)C(C)(C)C)ccc6n7-c6ccc(C(C=NOC(C)=O)=NOC(C)=O)cc6)cc5)cc4)cc3c3cc(C(=NOC(C)=O)C(C)C)ccc32)cc1. The number of hydrogen-bond donors (Lipinski definition) is 0. The first-order chi connectivity index (χ1) is 49.8. The van der Waals surface area contributed by atoms with Gasteiger partial charge in [-0.2, -0.15) is 0 Å². The lowest BCUT2D eigenvalue weighted by Crippen LogP contribution is -2.22. The molecule has 0 aliphatic rings. The highest BCUT2D eigenvalue weighted by atomic mass is 16.7. The van der Waals surface area contributed by atoms with E-state index in [1.807, 2.05) is 129 Å². The van der Waals surface area contributed by atoms with Gasteiger partial charge in [0.1, 0.15) is 28.6 Å². The lowest BCUT2D eigenvalue weighted by atomic mass is 9.85. The maximum absolute atomic E-state index is 14.4. The average Bonchev–Trinajstić information content (AvgIpc) is 1.59. The fourth-order valence-corrected chi connectivity index (χ4v) is 11.4. The second-order valence-electron chi connectivity index (χ2n) is 25.3. The van der Waals surface area contributed by atoms with Gasteiger partial charge in [-0.1, -0.05) is 109 Å². The summed E-state index contributed by atoms with van der Waals surface area (Å²) in [6.07, 6.45) is 1.96. The van der Waals surface area contributed by atoms with E-state index in [9.17, 15) is 38.4 Å². The third-order valence-corrected chi connectivity index (χ3v) is 16.1. The van der Waals surface area contributed by atoms with E-state index in [0.717, 1.165) is 61.2 Å². The van der Waals surface area contributed by atoms with Crippen molar-refractivity contribution < 1.29 is 76.9 Å². The van der Waals surface area contributed by atoms with Gasteiger partial charge in [0.2, 0.25) is 0 Å². The molecule has 0 amide bonds. The molecule has 10 rings (SSSR count). The molecule has 24 heteroatoms. The molecular weight excluding hydrogens is 1330 g/mol. The van der Waals surface area contributed by atoms with Crippen molar-refractivity contribution in [2.24, 2.45) is 42.3 Å². The second-order valence-corrected chi connectivity index (χ2v) is 25.3. The third kappa shape index (κ3) is 17.6. The molecule has 104 heavy (non-hydrogen) atoms. The first-order valence-electron chi connectivity index (χ1n) is 33.2. The van der Waals surface area contributed by atoms with E-state index < -0.39 is 41.2 Å². The number of aromatic nitrogens is 2. The van der Waals surface area contributed by atoms with Crippen molar-refractivity contribution in [1.82, 2.24) is 9.13 Å². The molecule has 0 saturated carbocycles. The van der Waals surface area contributed by atoms with Gasteiger partial charge in [0.05, 0.1) is 52.9 Å². The highest BCUT2D eigenvalue weighted by Gasteiger charge is 2.26. The number of oxime groups is 6. The Kier molecular flexibility index (Phi) is 23.2. The Balaban J connectivity index is 0.835. The predicted octanol–water partition coefficient (Wildman–Crippen LogP) is 14.8. The maximum atomic E-state index is 14.4. The van der Waals surface area contributed by atoms with E-state index >= 15 is 0 Å². The van der Waals surface area contributed by atoms with Gasteiger partial charge < -0.3 is 47.6 Å². The zero-order valence-corrected chi connectivity index (χ0v) is 59.3. The highest BCUT2D eigenvalue weighted by Crippen LogP contribution is 2.38. The largest absolute Gasteiger partial charge is 0.493 e. The molecule has 2 heterocycles. The molecule has 2 aromatic heterocycles. The van der Waals surface area contributed by atoms with Crippen LogP contribution in [0.3, 0.4) is 0 Å². The van der Waals surface area contributed by atoms with Gasteiger partial charge in [0.25, 0.3) is 0 Å². The summed E-state index contributed by atoms with van der Waals surface area (Å²) in [6, 6.07) is 50.8. The van der Waals surface area contributed by atoms with Gasteiger partial charge in [-0.05, 0) is 146 Å². The molecule has 0 aliphatic heterocycles. The smallest absolute Gasteiger partial charge is 0.332 e. The van der Waals surface area contributed by atoms with Crippen LogP contribution in [0.1, 0.15) is 150 Å². The van der Waals surface area contributed by atoms with E-state index in [1.165, 1.54) is 41.5 Å². The molecule has 0 unspecified atom stereocenters. The van der Waals surface area contributed by atoms with Crippen molar-refractivity contribution in [3.05, 3.63) is 214 Å². The van der Waals surface area contributed by atoms with Gasteiger partial charge in [-0.25, -0.2) is 28.8 Å². The number of carbonyl (C=O) groups is 8. The molecular formula is C80H74N8O16. The number of rotatable bonds is 26. The van der Waals surface area contributed by atoms with Crippen molar-refractivity contribution in [1.29, 1.82) is 0 Å². The standard InChI is InChI=1S/C80H74N8O16/c1-13-69(82-100-48(5)90)76(85-103-51(8)93)54-17-29-62(30-18-54)88-71-35-23-57(75(46(2)3)84-102-50(7)92)41-65(71)66-42-58(24-36-72(66)88)77(95)55-19-31-63(32-20-55)97-39-14-40-98-64-33-21-56(22-34-64)78(96)59-25-37-73-67(43-59)68-44-60(79(80(10,11)12)86-104-52(9)94)26-38-74(68)87(73)61-27-15-53(16-28-61)70(83-101-49(6)91)45-81-99-47(4)89/h15-38,41-46H,13-14,39-40H2,1-12H3. The van der Waals surface area contributed by atoms with Crippen LogP contribution in [0.2, 0.25) is 0 Å². The number of fused-ring (bicyclic) bond motifs is 6. The summed E-state index contributed by atoms with van der Waals surface area (Å²) in [5.41, 5.74) is 9.82. The zero-order chi connectivity index (χ0) is 74.5. The second kappa shape index (κ2) is 32.6. The van der Waals surface area contributed by atoms with Gasteiger partial charge >= 0.3 is 35.8 Å². The van der Waals surface area contributed by atoms with Crippen LogP contribution in [0, 0.1) is 11.3 Å². The van der Waals surface area contributed by atoms with E-state index in [0.29, 0.717) is 93.5 Å². The third-order valence-electron chi connectivity index (χ3n) is 16.1. The minimum absolute atomic E-state index is 0.111. The minimum Gasteiger partial charge on any atom is -0.493 e. The molecule has 530 valence electrons. The fourth-order valence-electron chi connectivity index (χ4n) is 11.4. The van der Waals surface area contributed by atoms with Crippen molar-refractivity contribution in [3.8, 4) is 22.9 Å². The van der Waals surface area contributed by atoms with Crippen LogP contribution in [0.25, 0.3) is 55.0 Å². The maximum Gasteiger partial charge on any atom is 0.332 e. The molecule has 0 radical (unpaired) electrons. The predicted molar refractivity (Wildman–Crippen MR) is 394 cm³/mol. The molecule has 0 saturated heterocycles. The van der Waals surface area contributed by atoms with Crippen LogP contribution in [-0.4, -0.2) is 105 Å². The molecule has 0 bridgehead atoms. The van der Waals surface area contributed by atoms with E-state index in [4.69, 9.17) is 38.5 Å². The summed E-state index contributed by atoms with van der Waals surface area (Å²) in [5.74, 6) is -3.20. The molecule has 0 spiro atoms. The van der Waals surface area contributed by atoms with Crippen LogP contribution >= 0.6 is 0 Å². The average molecular weight is 1400 g/mol. The number of benzene rings is 8. The van der Waals surface area contributed by atoms with Crippen LogP contribution < -0.4 is 9.47 Å².